The highest BCUT2D eigenvalue weighted by Gasteiger charge is 2.52. The van der Waals surface area contributed by atoms with Gasteiger partial charge in [0.15, 0.2) is 0 Å². The highest BCUT2D eigenvalue weighted by Crippen LogP contribution is 2.40. The SMILES string of the molecule is CCCO[N+]1([O-])c2ccccc2NC(N)(OC)N1O. The first kappa shape index (κ1) is 14.2. The topological polar surface area (TPSA) is 103 Å². The van der Waals surface area contributed by atoms with Crippen LogP contribution >= 0.6 is 0 Å². The van der Waals surface area contributed by atoms with Crippen LogP contribution < -0.4 is 16.0 Å². The number of rotatable bonds is 4. The van der Waals surface area contributed by atoms with Crippen LogP contribution in [0.1, 0.15) is 13.3 Å². The van der Waals surface area contributed by atoms with Gasteiger partial charge in [-0.05, 0) is 12.5 Å². The molecule has 106 valence electrons. The van der Waals surface area contributed by atoms with Crippen molar-refractivity contribution in [1.29, 1.82) is 0 Å². The molecule has 0 radical (unpaired) electrons. The molecule has 19 heavy (non-hydrogen) atoms. The average Bonchev–Trinajstić information content (AvgIpc) is 2.43. The lowest BCUT2D eigenvalue weighted by Crippen LogP contribution is -2.75. The minimum Gasteiger partial charge on any atom is -0.570 e. The number of anilines is 1. The lowest BCUT2D eigenvalue weighted by atomic mass is 10.2. The zero-order valence-electron chi connectivity index (χ0n) is 10.9. The summed E-state index contributed by atoms with van der Waals surface area (Å²) in [5, 5.41) is 25.9. The Labute approximate surface area is 111 Å². The number of nitrogens with one attached hydrogen (secondary N) is 1. The Bertz CT molecular complexity index is 460. The molecular weight excluding hydrogens is 252 g/mol. The third-order valence-corrected chi connectivity index (χ3v) is 2.85. The third-order valence-electron chi connectivity index (χ3n) is 2.85. The molecule has 0 saturated heterocycles. The van der Waals surface area contributed by atoms with Gasteiger partial charge in [-0.15, -0.1) is 0 Å². The van der Waals surface area contributed by atoms with Crippen LogP contribution in [0, 0.1) is 5.21 Å². The molecule has 0 aliphatic carbocycles. The molecular formula is C11H18N4O4. The van der Waals surface area contributed by atoms with Gasteiger partial charge in [0, 0.05) is 13.2 Å². The van der Waals surface area contributed by atoms with Crippen LogP contribution in [0.4, 0.5) is 11.4 Å². The van der Waals surface area contributed by atoms with E-state index in [1.54, 1.807) is 24.3 Å². The Morgan fingerprint density at radius 1 is 1.53 bits per heavy atom. The van der Waals surface area contributed by atoms with Crippen molar-refractivity contribution in [2.75, 3.05) is 19.0 Å². The van der Waals surface area contributed by atoms with E-state index >= 15 is 0 Å². The summed E-state index contributed by atoms with van der Waals surface area (Å²) in [6, 6.07) is 6.61. The van der Waals surface area contributed by atoms with Crippen LogP contribution in [0.5, 0.6) is 0 Å². The summed E-state index contributed by atoms with van der Waals surface area (Å²) in [7, 11) is 1.27. The molecule has 2 unspecified atom stereocenters. The fourth-order valence-corrected chi connectivity index (χ4v) is 1.84. The van der Waals surface area contributed by atoms with E-state index in [4.69, 9.17) is 15.3 Å². The number of ether oxygens (including phenoxy) is 1. The minimum absolute atomic E-state index is 0.161. The highest BCUT2D eigenvalue weighted by atomic mass is 17.0. The maximum Gasteiger partial charge on any atom is 0.333 e. The molecule has 0 spiro atoms. The lowest BCUT2D eigenvalue weighted by molar-refractivity contribution is -0.426. The summed E-state index contributed by atoms with van der Waals surface area (Å²) in [6.45, 7) is 2.02. The van der Waals surface area contributed by atoms with Gasteiger partial charge >= 0.3 is 5.97 Å². The van der Waals surface area contributed by atoms with Crippen LogP contribution in [0.25, 0.3) is 0 Å². The molecule has 4 N–H and O–H groups in total. The normalized spacial score (nSPS) is 30.8. The third kappa shape index (κ3) is 2.19. The number of fused-ring (bicyclic) bond motifs is 1. The molecule has 8 nitrogen and oxygen atoms in total. The summed E-state index contributed by atoms with van der Waals surface area (Å²) in [5.74, 6) is -1.87. The van der Waals surface area contributed by atoms with Gasteiger partial charge in [0.1, 0.15) is 12.3 Å². The van der Waals surface area contributed by atoms with E-state index in [-0.39, 0.29) is 17.5 Å². The first-order chi connectivity index (χ1) is 8.98. The van der Waals surface area contributed by atoms with Gasteiger partial charge in [-0.25, -0.2) is 0 Å². The second-order valence-corrected chi connectivity index (χ2v) is 4.19. The summed E-state index contributed by atoms with van der Waals surface area (Å²) in [5.41, 5.74) is 6.44. The molecule has 0 fully saturated rings. The molecule has 2 rings (SSSR count). The Morgan fingerprint density at radius 2 is 2.21 bits per heavy atom. The summed E-state index contributed by atoms with van der Waals surface area (Å²) in [4.78, 5) is 3.66. The molecule has 8 heteroatoms. The number of hydrogen-bond acceptors (Lipinski definition) is 7. The molecule has 1 aromatic carbocycles. The Morgan fingerprint density at radius 3 is 2.84 bits per heavy atom. The van der Waals surface area contributed by atoms with Crippen LogP contribution in [0.15, 0.2) is 24.3 Å². The van der Waals surface area contributed by atoms with Crippen molar-refractivity contribution in [3.05, 3.63) is 29.5 Å². The monoisotopic (exact) mass is 270 g/mol. The average molecular weight is 270 g/mol. The first-order valence-corrected chi connectivity index (χ1v) is 5.94. The van der Waals surface area contributed by atoms with Crippen LogP contribution in [-0.4, -0.2) is 30.1 Å². The minimum atomic E-state index is -1.87. The lowest BCUT2D eigenvalue weighted by Gasteiger charge is -2.50. The van der Waals surface area contributed by atoms with Gasteiger partial charge in [0.25, 0.3) is 0 Å². The zero-order valence-corrected chi connectivity index (χ0v) is 10.9. The largest absolute Gasteiger partial charge is 0.570 e. The Kier molecular flexibility index (Phi) is 3.74. The predicted octanol–water partition coefficient (Wildman–Crippen LogP) is 1.08. The van der Waals surface area contributed by atoms with Crippen molar-refractivity contribution in [2.24, 2.45) is 5.73 Å². The molecule has 0 amide bonds. The van der Waals surface area contributed by atoms with Crippen LogP contribution in [0.2, 0.25) is 0 Å². The zero-order chi connectivity index (χ0) is 14.1. The number of nitrogens with two attached hydrogens (primary N) is 1. The van der Waals surface area contributed by atoms with E-state index in [1.807, 2.05) is 6.92 Å². The number of hydroxylamine groups is 1. The van der Waals surface area contributed by atoms with Crippen molar-refractivity contribution in [3.8, 4) is 0 Å². The Balaban J connectivity index is 2.49. The molecule has 2 atom stereocenters. The molecule has 0 saturated carbocycles. The predicted molar refractivity (Wildman–Crippen MR) is 69.0 cm³/mol. The highest BCUT2D eigenvalue weighted by molar-refractivity contribution is 5.69. The van der Waals surface area contributed by atoms with Crippen molar-refractivity contribution >= 4 is 11.4 Å². The van der Waals surface area contributed by atoms with E-state index in [1.165, 1.54) is 7.11 Å². The van der Waals surface area contributed by atoms with Gasteiger partial charge < -0.3 is 15.3 Å². The second kappa shape index (κ2) is 5.02. The van der Waals surface area contributed by atoms with Crippen LogP contribution in [0.3, 0.4) is 0 Å². The molecule has 1 aromatic rings. The summed E-state index contributed by atoms with van der Waals surface area (Å²) < 4.78 is 4.97. The number of hydrogen-bond donors (Lipinski definition) is 3. The summed E-state index contributed by atoms with van der Waals surface area (Å²) >= 11 is 0. The molecule has 1 aliphatic rings. The van der Waals surface area contributed by atoms with Gasteiger partial charge in [-0.1, -0.05) is 24.0 Å². The second-order valence-electron chi connectivity index (χ2n) is 4.19. The number of quaternary nitrogens is 1. The van der Waals surface area contributed by atoms with Crippen LogP contribution in [-0.2, 0) is 9.57 Å². The molecule has 0 bridgehead atoms. The number of methoxy groups -OCH3 is 1. The van der Waals surface area contributed by atoms with Gasteiger partial charge in [-0.3, -0.25) is 10.9 Å². The van der Waals surface area contributed by atoms with Gasteiger partial charge in [0.2, 0.25) is 5.69 Å². The number of nitrogens with zero attached hydrogens (tertiary/aromatic N) is 2. The van der Waals surface area contributed by atoms with E-state index in [0.29, 0.717) is 12.1 Å². The fourth-order valence-electron chi connectivity index (χ4n) is 1.84. The Hall–Kier alpha value is -1.26. The van der Waals surface area contributed by atoms with Gasteiger partial charge in [0.05, 0.1) is 5.17 Å². The quantitative estimate of drug-likeness (QED) is 0.427. The van der Waals surface area contributed by atoms with E-state index in [9.17, 15) is 10.4 Å². The van der Waals surface area contributed by atoms with Crippen molar-refractivity contribution in [1.82, 2.24) is 10.1 Å². The van der Waals surface area contributed by atoms with E-state index < -0.39 is 10.9 Å². The van der Waals surface area contributed by atoms with E-state index in [0.717, 1.165) is 0 Å². The molecule has 1 aliphatic heterocycles. The van der Waals surface area contributed by atoms with Crippen molar-refractivity contribution in [3.63, 3.8) is 0 Å². The smallest absolute Gasteiger partial charge is 0.333 e. The molecule has 1 heterocycles. The number of para-hydroxylation sites is 1. The fraction of sp³-hybridized carbons (Fsp3) is 0.455. The molecule has 0 aromatic heterocycles. The van der Waals surface area contributed by atoms with Gasteiger partial charge in [-0.2, -0.15) is 4.84 Å². The van der Waals surface area contributed by atoms with Crippen molar-refractivity contribution < 1.29 is 14.8 Å². The van der Waals surface area contributed by atoms with E-state index in [2.05, 4.69) is 5.32 Å². The standard InChI is InChI=1S/C11H18N4O4/c1-3-8-19-15(17)10-7-5-4-6-9(10)13-11(12,18-2)14(15)16/h4-7,13,16H,3,8,12H2,1-2H3. The maximum absolute atomic E-state index is 12.8. The number of benzene rings is 1. The maximum atomic E-state index is 12.8. The van der Waals surface area contributed by atoms with Crippen molar-refractivity contribution in [2.45, 2.75) is 19.3 Å². The first-order valence-electron chi connectivity index (χ1n) is 5.94. The summed E-state index contributed by atoms with van der Waals surface area (Å²) in [6.07, 6.45) is 0.621.